The predicted octanol–water partition coefficient (Wildman–Crippen LogP) is 2.71. The van der Waals surface area contributed by atoms with Crippen molar-refractivity contribution in [2.45, 2.75) is 51.4 Å². The van der Waals surface area contributed by atoms with E-state index in [-0.39, 0.29) is 29.9 Å². The predicted molar refractivity (Wildman–Crippen MR) is 108 cm³/mol. The summed E-state index contributed by atoms with van der Waals surface area (Å²) in [5.74, 6) is 0.735. The topological polar surface area (TPSA) is 72.0 Å². The minimum Gasteiger partial charge on any atom is -0.469 e. The van der Waals surface area contributed by atoms with Crippen LogP contribution in [-0.2, 0) is 14.3 Å². The van der Waals surface area contributed by atoms with Crippen molar-refractivity contribution in [3.8, 4) is 0 Å². The van der Waals surface area contributed by atoms with Crippen LogP contribution in [0.3, 0.4) is 0 Å². The summed E-state index contributed by atoms with van der Waals surface area (Å²) < 4.78 is 9.85. The average Bonchev–Trinajstić information content (AvgIpc) is 2.54. The van der Waals surface area contributed by atoms with E-state index >= 15 is 0 Å². The molecular formula is C17H34IN3O3. The fourth-order valence-electron chi connectivity index (χ4n) is 2.88. The van der Waals surface area contributed by atoms with Crippen molar-refractivity contribution < 1.29 is 14.3 Å². The normalized spacial score (nSPS) is 15.9. The average molecular weight is 455 g/mol. The summed E-state index contributed by atoms with van der Waals surface area (Å²) in [5.41, 5.74) is 0.383. The van der Waals surface area contributed by atoms with Gasteiger partial charge < -0.3 is 20.1 Å². The lowest BCUT2D eigenvalue weighted by Gasteiger charge is -2.42. The van der Waals surface area contributed by atoms with E-state index in [2.05, 4.69) is 20.4 Å². The summed E-state index contributed by atoms with van der Waals surface area (Å²) in [6, 6.07) is 0. The van der Waals surface area contributed by atoms with Crippen molar-refractivity contribution in [3.63, 3.8) is 0 Å². The van der Waals surface area contributed by atoms with Crippen LogP contribution in [0, 0.1) is 5.41 Å². The van der Waals surface area contributed by atoms with E-state index in [9.17, 15) is 4.79 Å². The standard InChI is InChI=1S/C17H33N3O3.HI/c1-18-16(19-12-6-4-5-8-15(21)23-3)20-14-17(9-7-10-17)11-13-22-2;/h4-14H2,1-3H3,(H2,18,19,20);1H. The molecule has 0 spiro atoms. The van der Waals surface area contributed by atoms with Gasteiger partial charge in [-0.25, -0.2) is 0 Å². The van der Waals surface area contributed by atoms with Gasteiger partial charge in [0.2, 0.25) is 0 Å². The zero-order valence-electron chi connectivity index (χ0n) is 15.4. The lowest BCUT2D eigenvalue weighted by Crippen LogP contribution is -2.47. The third-order valence-corrected chi connectivity index (χ3v) is 4.68. The number of rotatable bonds is 11. The molecule has 0 aromatic rings. The first kappa shape index (κ1) is 23.4. The minimum atomic E-state index is -0.128. The molecule has 0 heterocycles. The Morgan fingerprint density at radius 1 is 1.17 bits per heavy atom. The summed E-state index contributed by atoms with van der Waals surface area (Å²) in [5, 5.41) is 6.79. The first-order chi connectivity index (χ1) is 11.2. The molecule has 1 saturated carbocycles. The van der Waals surface area contributed by atoms with E-state index < -0.39 is 0 Å². The SMILES string of the molecule is CN=C(NCCCCCC(=O)OC)NCC1(CCOC)CCC1.I. The Morgan fingerprint density at radius 2 is 1.92 bits per heavy atom. The monoisotopic (exact) mass is 455 g/mol. The van der Waals surface area contributed by atoms with Gasteiger partial charge in [-0.2, -0.15) is 0 Å². The largest absolute Gasteiger partial charge is 0.469 e. The van der Waals surface area contributed by atoms with Crippen molar-refractivity contribution >= 4 is 35.9 Å². The van der Waals surface area contributed by atoms with E-state index in [4.69, 9.17) is 4.74 Å². The van der Waals surface area contributed by atoms with Gasteiger partial charge in [0.05, 0.1) is 7.11 Å². The number of methoxy groups -OCH3 is 2. The second kappa shape index (κ2) is 13.7. The third-order valence-electron chi connectivity index (χ3n) is 4.68. The van der Waals surface area contributed by atoms with E-state index in [1.54, 1.807) is 14.2 Å². The molecule has 24 heavy (non-hydrogen) atoms. The molecule has 1 aliphatic rings. The fourth-order valence-corrected chi connectivity index (χ4v) is 2.88. The van der Waals surface area contributed by atoms with Gasteiger partial charge in [0.1, 0.15) is 0 Å². The molecule has 1 fully saturated rings. The van der Waals surface area contributed by atoms with Crippen LogP contribution >= 0.6 is 24.0 Å². The number of guanidine groups is 1. The van der Waals surface area contributed by atoms with Crippen molar-refractivity contribution in [3.05, 3.63) is 0 Å². The molecule has 142 valence electrons. The van der Waals surface area contributed by atoms with Crippen LogP contribution < -0.4 is 10.6 Å². The summed E-state index contributed by atoms with van der Waals surface area (Å²) in [4.78, 5) is 15.3. The van der Waals surface area contributed by atoms with E-state index in [0.29, 0.717) is 11.8 Å². The molecule has 0 aromatic heterocycles. The van der Waals surface area contributed by atoms with Crippen LogP contribution in [0.5, 0.6) is 0 Å². The summed E-state index contributed by atoms with van der Waals surface area (Å²) in [7, 11) is 5.00. The number of nitrogens with one attached hydrogen (secondary N) is 2. The number of carbonyl (C=O) groups is 1. The van der Waals surface area contributed by atoms with E-state index in [0.717, 1.165) is 51.3 Å². The first-order valence-corrected chi connectivity index (χ1v) is 8.66. The summed E-state index contributed by atoms with van der Waals surface area (Å²) in [6.45, 7) is 2.65. The number of ether oxygens (including phenoxy) is 2. The van der Waals surface area contributed by atoms with Crippen molar-refractivity contribution in [2.75, 3.05) is 41.0 Å². The Bertz CT molecular complexity index is 374. The van der Waals surface area contributed by atoms with Crippen LogP contribution in [0.25, 0.3) is 0 Å². The number of halogens is 1. The number of esters is 1. The summed E-state index contributed by atoms with van der Waals surface area (Å²) >= 11 is 0. The maximum atomic E-state index is 11.0. The van der Waals surface area contributed by atoms with Gasteiger partial charge in [0.25, 0.3) is 0 Å². The maximum Gasteiger partial charge on any atom is 0.305 e. The highest BCUT2D eigenvalue weighted by atomic mass is 127. The van der Waals surface area contributed by atoms with E-state index in [1.165, 1.54) is 26.4 Å². The molecule has 0 saturated heterocycles. The molecule has 7 heteroatoms. The Balaban J connectivity index is 0.00000529. The first-order valence-electron chi connectivity index (χ1n) is 8.66. The van der Waals surface area contributed by atoms with Crippen LogP contribution in [0.15, 0.2) is 4.99 Å². The molecule has 2 N–H and O–H groups in total. The van der Waals surface area contributed by atoms with Crippen molar-refractivity contribution in [1.82, 2.24) is 10.6 Å². The molecule has 0 bridgehead atoms. The third kappa shape index (κ3) is 9.05. The second-order valence-electron chi connectivity index (χ2n) is 6.34. The lowest BCUT2D eigenvalue weighted by molar-refractivity contribution is -0.140. The maximum absolute atomic E-state index is 11.0. The van der Waals surface area contributed by atoms with Gasteiger partial charge >= 0.3 is 5.97 Å². The summed E-state index contributed by atoms with van der Waals surface area (Å²) in [6.07, 6.45) is 8.38. The van der Waals surface area contributed by atoms with Gasteiger partial charge in [0, 0.05) is 40.3 Å². The molecule has 0 aromatic carbocycles. The zero-order valence-corrected chi connectivity index (χ0v) is 17.7. The molecule has 0 aliphatic heterocycles. The molecule has 1 rings (SSSR count). The van der Waals surface area contributed by atoms with Crippen LogP contribution in [0.1, 0.15) is 51.4 Å². The lowest BCUT2D eigenvalue weighted by atomic mass is 9.67. The fraction of sp³-hybridized carbons (Fsp3) is 0.882. The molecule has 0 amide bonds. The van der Waals surface area contributed by atoms with Gasteiger partial charge in [-0.15, -0.1) is 24.0 Å². The highest BCUT2D eigenvalue weighted by molar-refractivity contribution is 14.0. The van der Waals surface area contributed by atoms with Crippen molar-refractivity contribution in [2.24, 2.45) is 10.4 Å². The number of nitrogens with zero attached hydrogens (tertiary/aromatic N) is 1. The highest BCUT2D eigenvalue weighted by Crippen LogP contribution is 2.43. The second-order valence-corrected chi connectivity index (χ2v) is 6.34. The Kier molecular flexibility index (Phi) is 13.4. The van der Waals surface area contributed by atoms with Gasteiger partial charge in [-0.3, -0.25) is 9.79 Å². The number of hydrogen-bond donors (Lipinski definition) is 2. The number of carbonyl (C=O) groups excluding carboxylic acids is 1. The van der Waals surface area contributed by atoms with Crippen LogP contribution in [-0.4, -0.2) is 52.9 Å². The van der Waals surface area contributed by atoms with Gasteiger partial charge in [-0.1, -0.05) is 12.8 Å². The molecule has 0 radical (unpaired) electrons. The Hall–Kier alpha value is -0.570. The van der Waals surface area contributed by atoms with Gasteiger partial charge in [-0.05, 0) is 37.5 Å². The number of unbranched alkanes of at least 4 members (excludes halogenated alkanes) is 2. The Morgan fingerprint density at radius 3 is 2.46 bits per heavy atom. The smallest absolute Gasteiger partial charge is 0.305 e. The molecule has 1 aliphatic carbocycles. The molecule has 6 nitrogen and oxygen atoms in total. The van der Waals surface area contributed by atoms with Crippen LogP contribution in [0.4, 0.5) is 0 Å². The Labute approximate surface area is 163 Å². The quantitative estimate of drug-likeness (QED) is 0.165. The minimum absolute atomic E-state index is 0. The molecular weight excluding hydrogens is 421 g/mol. The van der Waals surface area contributed by atoms with Crippen molar-refractivity contribution in [1.29, 1.82) is 0 Å². The highest BCUT2D eigenvalue weighted by Gasteiger charge is 2.36. The van der Waals surface area contributed by atoms with Crippen LogP contribution in [0.2, 0.25) is 0 Å². The molecule has 0 unspecified atom stereocenters. The number of hydrogen-bond acceptors (Lipinski definition) is 4. The molecule has 0 atom stereocenters. The zero-order chi connectivity index (χ0) is 17.0. The number of aliphatic imine (C=N–C) groups is 1. The van der Waals surface area contributed by atoms with Gasteiger partial charge in [0.15, 0.2) is 5.96 Å². The van der Waals surface area contributed by atoms with E-state index in [1.807, 2.05) is 0 Å².